The summed E-state index contributed by atoms with van der Waals surface area (Å²) >= 11 is 0. The first-order chi connectivity index (χ1) is 19.6. The van der Waals surface area contributed by atoms with Crippen molar-refractivity contribution in [3.05, 3.63) is 35.9 Å². The van der Waals surface area contributed by atoms with E-state index in [1.165, 1.54) is 24.0 Å². The number of nitrogens with zero attached hydrogens (tertiary/aromatic N) is 1. The van der Waals surface area contributed by atoms with E-state index in [9.17, 15) is 34.2 Å². The van der Waals surface area contributed by atoms with Gasteiger partial charge in [0.25, 0.3) is 11.8 Å². The number of hydrogen-bond donors (Lipinski definition) is 3. The Hall–Kier alpha value is -3.97. The van der Waals surface area contributed by atoms with Crippen molar-refractivity contribution >= 4 is 29.7 Å². The Morgan fingerprint density at radius 1 is 1.07 bits per heavy atom. The quantitative estimate of drug-likeness (QED) is 0.147. The van der Waals surface area contributed by atoms with E-state index >= 15 is 0 Å². The van der Waals surface area contributed by atoms with Gasteiger partial charge in [-0.2, -0.15) is 0 Å². The largest absolute Gasteiger partial charge is 0.493 e. The molecule has 13 heteroatoms. The van der Waals surface area contributed by atoms with E-state index in [-0.39, 0.29) is 43.8 Å². The zero-order valence-electron chi connectivity index (χ0n) is 22.9. The molecule has 1 saturated heterocycles. The zero-order valence-corrected chi connectivity index (χ0v) is 22.9. The zero-order chi connectivity index (χ0) is 29.8. The van der Waals surface area contributed by atoms with Gasteiger partial charge in [-0.3, -0.25) is 24.1 Å². The molecule has 0 aliphatic carbocycles. The Balaban J connectivity index is 1.40. The molecule has 2 aliphatic heterocycles. The van der Waals surface area contributed by atoms with Gasteiger partial charge in [0.1, 0.15) is 18.1 Å². The number of carbonyl (C=O) groups excluding carboxylic acids is 4. The van der Waals surface area contributed by atoms with Gasteiger partial charge in [0.15, 0.2) is 6.10 Å². The van der Waals surface area contributed by atoms with Crippen LogP contribution >= 0.6 is 0 Å². The van der Waals surface area contributed by atoms with Crippen molar-refractivity contribution in [2.45, 2.75) is 77.0 Å². The molecular formula is C28H36N2O11. The van der Waals surface area contributed by atoms with Gasteiger partial charge in [0, 0.05) is 63.1 Å². The van der Waals surface area contributed by atoms with Crippen LogP contribution in [0, 0.1) is 0 Å². The van der Waals surface area contributed by atoms with Gasteiger partial charge in [-0.1, -0.05) is 6.42 Å². The van der Waals surface area contributed by atoms with Crippen molar-refractivity contribution in [2.75, 3.05) is 19.7 Å². The average molecular weight is 577 g/mol. The topological polar surface area (TPSA) is 178 Å². The molecule has 2 aliphatic rings. The Morgan fingerprint density at radius 2 is 1.83 bits per heavy atom. The van der Waals surface area contributed by atoms with E-state index in [1.54, 1.807) is 18.2 Å². The van der Waals surface area contributed by atoms with Crippen LogP contribution in [-0.2, 0) is 40.1 Å². The molecule has 0 radical (unpaired) electrons. The van der Waals surface area contributed by atoms with Crippen LogP contribution < -0.4 is 14.8 Å². The normalized spacial score (nSPS) is 20.1. The minimum atomic E-state index is -1.18. The van der Waals surface area contributed by atoms with Crippen molar-refractivity contribution in [1.82, 2.24) is 10.2 Å². The molecule has 224 valence electrons. The lowest BCUT2D eigenvalue weighted by atomic mass is 10.1. The average Bonchev–Trinajstić information content (AvgIpc) is 3.24. The molecule has 3 rings (SSSR count). The monoisotopic (exact) mass is 576 g/mol. The molecule has 2 heterocycles. The molecule has 3 amide bonds. The molecule has 0 spiro atoms. The summed E-state index contributed by atoms with van der Waals surface area (Å²) < 4.78 is 22.1. The molecular weight excluding hydrogens is 540 g/mol. The van der Waals surface area contributed by atoms with Gasteiger partial charge < -0.3 is 34.5 Å². The molecule has 13 nitrogen and oxygen atoms in total. The number of ether oxygens (including phenoxy) is 4. The van der Waals surface area contributed by atoms with E-state index < -0.39 is 30.4 Å². The third-order valence-corrected chi connectivity index (χ3v) is 6.37. The van der Waals surface area contributed by atoms with E-state index in [4.69, 9.17) is 18.9 Å². The lowest BCUT2D eigenvalue weighted by molar-refractivity contribution is -0.195. The molecule has 1 fully saturated rings. The van der Waals surface area contributed by atoms with Crippen LogP contribution in [0.25, 0.3) is 0 Å². The van der Waals surface area contributed by atoms with Crippen molar-refractivity contribution in [3.8, 4) is 11.5 Å². The number of nitrogens with one attached hydrogen (secondary N) is 1. The van der Waals surface area contributed by atoms with Crippen LogP contribution in [0.4, 0.5) is 0 Å². The Labute approximate surface area is 237 Å². The second-order valence-electron chi connectivity index (χ2n) is 9.71. The summed E-state index contributed by atoms with van der Waals surface area (Å²) in [6.45, 7) is 2.22. The van der Waals surface area contributed by atoms with Crippen LogP contribution in [0.15, 0.2) is 30.4 Å². The fourth-order valence-electron chi connectivity index (χ4n) is 4.24. The fourth-order valence-corrected chi connectivity index (χ4v) is 4.24. The first-order valence-corrected chi connectivity index (χ1v) is 13.5. The highest BCUT2D eigenvalue weighted by Crippen LogP contribution is 2.29. The Bertz CT molecular complexity index is 1120. The second-order valence-corrected chi connectivity index (χ2v) is 9.71. The smallest absolute Gasteiger partial charge is 0.333 e. The molecule has 1 aromatic carbocycles. The first-order valence-electron chi connectivity index (χ1n) is 13.5. The van der Waals surface area contributed by atoms with Crippen LogP contribution in [0.1, 0.15) is 57.4 Å². The van der Waals surface area contributed by atoms with Crippen LogP contribution in [0.5, 0.6) is 11.5 Å². The molecule has 3 atom stereocenters. The number of carboxylic acid groups (broad SMARTS) is 1. The maximum Gasteiger partial charge on any atom is 0.333 e. The number of esters is 1. The van der Waals surface area contributed by atoms with Crippen molar-refractivity contribution in [3.63, 3.8) is 0 Å². The summed E-state index contributed by atoms with van der Waals surface area (Å²) in [4.78, 5) is 58.9. The number of benzene rings is 1. The summed E-state index contributed by atoms with van der Waals surface area (Å²) in [7, 11) is 0. The summed E-state index contributed by atoms with van der Waals surface area (Å²) in [6, 6.07) is 4.82. The highest BCUT2D eigenvalue weighted by atomic mass is 16.7. The lowest BCUT2D eigenvalue weighted by Gasteiger charge is -2.31. The van der Waals surface area contributed by atoms with Crippen LogP contribution in [0.2, 0.25) is 0 Å². The third kappa shape index (κ3) is 10.5. The Morgan fingerprint density at radius 3 is 2.54 bits per heavy atom. The van der Waals surface area contributed by atoms with Crippen molar-refractivity contribution < 1.29 is 53.1 Å². The standard InChI is InChI=1S/C28H36N2O11/c1-18(31)39-17-19-7-8-21(40-27-15-20(32)14-23(41-27)28(36)37)16-22(19)38-13-5-11-29-24(33)6-3-2-4-12-30-25(34)9-10-26(30)35/h7-10,16,20,23,27,32H,2-6,11-15,17H2,1H3,(H,29,33)(H,36,37). The van der Waals surface area contributed by atoms with Gasteiger partial charge in [-0.25, -0.2) is 4.79 Å². The maximum atomic E-state index is 12.1. The van der Waals surface area contributed by atoms with Crippen LogP contribution in [0.3, 0.4) is 0 Å². The van der Waals surface area contributed by atoms with Gasteiger partial charge in [0.05, 0.1) is 12.7 Å². The predicted molar refractivity (Wildman–Crippen MR) is 142 cm³/mol. The minimum Gasteiger partial charge on any atom is -0.493 e. The van der Waals surface area contributed by atoms with Gasteiger partial charge in [0.2, 0.25) is 12.2 Å². The number of imide groups is 1. The number of aliphatic hydroxyl groups is 1. The number of rotatable bonds is 16. The number of aliphatic carboxylic acids is 1. The van der Waals surface area contributed by atoms with E-state index in [1.807, 2.05) is 0 Å². The fraction of sp³-hybridized carbons (Fsp3) is 0.536. The number of aliphatic hydroxyl groups excluding tert-OH is 1. The number of amides is 3. The minimum absolute atomic E-state index is 0.0254. The molecule has 3 N–H and O–H groups in total. The van der Waals surface area contributed by atoms with E-state index in [2.05, 4.69) is 5.32 Å². The Kier molecular flexibility index (Phi) is 12.1. The molecule has 1 aromatic rings. The third-order valence-electron chi connectivity index (χ3n) is 6.37. The first kappa shape index (κ1) is 31.6. The predicted octanol–water partition coefficient (Wildman–Crippen LogP) is 1.45. The molecule has 0 aromatic heterocycles. The summed E-state index contributed by atoms with van der Waals surface area (Å²) in [5.74, 6) is -1.67. The van der Waals surface area contributed by atoms with Crippen molar-refractivity contribution in [1.29, 1.82) is 0 Å². The lowest BCUT2D eigenvalue weighted by Crippen LogP contribution is -2.42. The summed E-state index contributed by atoms with van der Waals surface area (Å²) in [6.07, 6.45) is 2.34. The van der Waals surface area contributed by atoms with Gasteiger partial charge in [-0.15, -0.1) is 0 Å². The SMILES string of the molecule is CC(=O)OCc1ccc(OC2CC(O)CC(C(=O)O)O2)cc1OCCCNC(=O)CCCCCN1C(=O)C=CC1=O. The number of hydrogen-bond acceptors (Lipinski definition) is 10. The summed E-state index contributed by atoms with van der Waals surface area (Å²) in [5.41, 5.74) is 0.581. The number of carbonyl (C=O) groups is 5. The highest BCUT2D eigenvalue weighted by molar-refractivity contribution is 6.12. The maximum absolute atomic E-state index is 12.1. The van der Waals surface area contributed by atoms with Crippen molar-refractivity contribution in [2.24, 2.45) is 0 Å². The van der Waals surface area contributed by atoms with Crippen LogP contribution in [-0.4, -0.2) is 83.0 Å². The van der Waals surface area contributed by atoms with E-state index in [0.717, 1.165) is 0 Å². The second kappa shape index (κ2) is 15.7. The molecule has 41 heavy (non-hydrogen) atoms. The number of unbranched alkanes of at least 4 members (excludes halogenated alkanes) is 2. The molecule has 0 saturated carbocycles. The summed E-state index contributed by atoms with van der Waals surface area (Å²) in [5, 5.41) is 22.0. The molecule has 0 bridgehead atoms. The number of carboxylic acids is 1. The highest BCUT2D eigenvalue weighted by Gasteiger charge is 2.34. The van der Waals surface area contributed by atoms with E-state index in [0.29, 0.717) is 62.3 Å². The molecule has 3 unspecified atom stereocenters. The van der Waals surface area contributed by atoms with Gasteiger partial charge >= 0.3 is 11.9 Å². The van der Waals surface area contributed by atoms with Gasteiger partial charge in [-0.05, 0) is 31.4 Å².